The van der Waals surface area contributed by atoms with E-state index in [1.54, 1.807) is 12.4 Å². The molecular formula is C21H23N5O. The fraction of sp³-hybridized carbons (Fsp3) is 0.286. The Morgan fingerprint density at radius 1 is 1.19 bits per heavy atom. The number of hydrogen-bond acceptors (Lipinski definition) is 3. The number of aromatic nitrogens is 3. The molecule has 1 atom stereocenters. The lowest BCUT2D eigenvalue weighted by atomic mass is 10.0. The first-order valence-corrected chi connectivity index (χ1v) is 9.20. The highest BCUT2D eigenvalue weighted by Crippen LogP contribution is 2.32. The van der Waals surface area contributed by atoms with Crippen LogP contribution in [0, 0.1) is 6.92 Å². The zero-order valence-corrected chi connectivity index (χ0v) is 15.6. The second kappa shape index (κ2) is 7.23. The smallest absolute Gasteiger partial charge is 0.322 e. The summed E-state index contributed by atoms with van der Waals surface area (Å²) in [7, 11) is 1.97. The minimum Gasteiger partial charge on any atom is -0.336 e. The van der Waals surface area contributed by atoms with Crippen molar-refractivity contribution in [2.24, 2.45) is 7.05 Å². The standard InChI is InChI=1S/C21H23N5O/c1-15-8-9-16(14-17(15)18-6-3-4-10-22-18)24-21(27)26-12-5-7-19(26)20-23-11-13-25(20)2/h3-4,6,8-11,13-14,19H,5,7,12H2,1-2H3,(H,24,27)/t19-/m0/s1. The van der Waals surface area contributed by atoms with Gasteiger partial charge in [-0.25, -0.2) is 9.78 Å². The molecule has 3 heterocycles. The first-order chi connectivity index (χ1) is 13.1. The Morgan fingerprint density at radius 2 is 2.07 bits per heavy atom. The van der Waals surface area contributed by atoms with Crippen molar-refractivity contribution >= 4 is 11.7 Å². The first kappa shape index (κ1) is 17.3. The molecule has 1 N–H and O–H groups in total. The van der Waals surface area contributed by atoms with Gasteiger partial charge in [-0.15, -0.1) is 0 Å². The predicted molar refractivity (Wildman–Crippen MR) is 105 cm³/mol. The van der Waals surface area contributed by atoms with Crippen LogP contribution in [0.5, 0.6) is 0 Å². The highest BCUT2D eigenvalue weighted by atomic mass is 16.2. The van der Waals surface area contributed by atoms with E-state index in [1.807, 2.05) is 66.0 Å². The number of anilines is 1. The molecule has 6 nitrogen and oxygen atoms in total. The van der Waals surface area contributed by atoms with Crippen molar-refractivity contribution in [1.29, 1.82) is 0 Å². The third-order valence-corrected chi connectivity index (χ3v) is 5.10. The second-order valence-electron chi connectivity index (χ2n) is 6.92. The molecule has 1 aromatic carbocycles. The number of carbonyl (C=O) groups excluding carboxylic acids is 1. The summed E-state index contributed by atoms with van der Waals surface area (Å²) in [4.78, 5) is 23.7. The van der Waals surface area contributed by atoms with Crippen LogP contribution >= 0.6 is 0 Å². The molecule has 1 fully saturated rings. The second-order valence-corrected chi connectivity index (χ2v) is 6.92. The van der Waals surface area contributed by atoms with Crippen LogP contribution in [0.3, 0.4) is 0 Å². The van der Waals surface area contributed by atoms with E-state index < -0.39 is 0 Å². The Kier molecular flexibility index (Phi) is 4.62. The van der Waals surface area contributed by atoms with E-state index in [9.17, 15) is 4.79 Å². The number of rotatable bonds is 3. The highest BCUT2D eigenvalue weighted by Gasteiger charge is 2.32. The Hall–Kier alpha value is -3.15. The Labute approximate surface area is 158 Å². The van der Waals surface area contributed by atoms with Crippen molar-refractivity contribution in [3.8, 4) is 11.3 Å². The van der Waals surface area contributed by atoms with Crippen LogP contribution in [0.2, 0.25) is 0 Å². The Balaban J connectivity index is 1.55. The molecule has 4 rings (SSSR count). The molecule has 1 aliphatic heterocycles. The molecule has 1 aliphatic rings. The number of hydrogen-bond donors (Lipinski definition) is 1. The summed E-state index contributed by atoms with van der Waals surface area (Å²) in [6.07, 6.45) is 7.40. The zero-order valence-electron chi connectivity index (χ0n) is 15.6. The quantitative estimate of drug-likeness (QED) is 0.762. The number of likely N-dealkylation sites (tertiary alicyclic amines) is 1. The summed E-state index contributed by atoms with van der Waals surface area (Å²) in [6.45, 7) is 2.79. The molecule has 0 saturated carbocycles. The number of benzene rings is 1. The van der Waals surface area contributed by atoms with Crippen LogP contribution in [0.1, 0.15) is 30.3 Å². The van der Waals surface area contributed by atoms with Gasteiger partial charge in [-0.05, 0) is 49.6 Å². The van der Waals surface area contributed by atoms with Crippen LogP contribution in [0.4, 0.5) is 10.5 Å². The molecule has 0 bridgehead atoms. The van der Waals surface area contributed by atoms with E-state index >= 15 is 0 Å². The lowest BCUT2D eigenvalue weighted by Crippen LogP contribution is -2.35. The molecule has 2 amide bonds. The number of aryl methyl sites for hydroxylation is 2. The minimum absolute atomic E-state index is 0.0192. The maximum absolute atomic E-state index is 12.9. The molecule has 0 unspecified atom stereocenters. The first-order valence-electron chi connectivity index (χ1n) is 9.20. The van der Waals surface area contributed by atoms with E-state index in [-0.39, 0.29) is 12.1 Å². The van der Waals surface area contributed by atoms with Crippen LogP contribution in [-0.4, -0.2) is 32.0 Å². The van der Waals surface area contributed by atoms with E-state index in [0.29, 0.717) is 0 Å². The van der Waals surface area contributed by atoms with Gasteiger partial charge in [-0.1, -0.05) is 12.1 Å². The van der Waals surface area contributed by atoms with Crippen LogP contribution in [0.25, 0.3) is 11.3 Å². The summed E-state index contributed by atoms with van der Waals surface area (Å²) < 4.78 is 1.99. The fourth-order valence-electron chi connectivity index (χ4n) is 3.67. The number of nitrogens with one attached hydrogen (secondary N) is 1. The molecule has 0 radical (unpaired) electrons. The summed E-state index contributed by atoms with van der Waals surface area (Å²) >= 11 is 0. The number of amides is 2. The number of nitrogens with zero attached hydrogens (tertiary/aromatic N) is 4. The third kappa shape index (κ3) is 3.43. The van der Waals surface area contributed by atoms with Crippen molar-refractivity contribution in [3.05, 3.63) is 66.4 Å². The van der Waals surface area contributed by atoms with Crippen LogP contribution < -0.4 is 5.32 Å². The molecule has 3 aromatic rings. The summed E-state index contributed by atoms with van der Waals surface area (Å²) in [5, 5.41) is 3.05. The summed E-state index contributed by atoms with van der Waals surface area (Å²) in [5.41, 5.74) is 3.82. The minimum atomic E-state index is -0.0867. The molecule has 2 aromatic heterocycles. The number of pyridine rings is 1. The monoisotopic (exact) mass is 361 g/mol. The third-order valence-electron chi connectivity index (χ3n) is 5.10. The van der Waals surface area contributed by atoms with Gasteiger partial charge in [-0.2, -0.15) is 0 Å². The summed E-state index contributed by atoms with van der Waals surface area (Å²) in [6, 6.07) is 11.7. The summed E-state index contributed by atoms with van der Waals surface area (Å²) in [5.74, 6) is 0.931. The molecule has 6 heteroatoms. The van der Waals surface area contributed by atoms with Gasteiger partial charge < -0.3 is 14.8 Å². The van der Waals surface area contributed by atoms with E-state index in [2.05, 4.69) is 15.3 Å². The molecule has 0 aliphatic carbocycles. The van der Waals surface area contributed by atoms with Gasteiger partial charge in [0.2, 0.25) is 0 Å². The molecule has 0 spiro atoms. The molecule has 1 saturated heterocycles. The van der Waals surface area contributed by atoms with Gasteiger partial charge in [0.05, 0.1) is 11.7 Å². The number of urea groups is 1. The largest absolute Gasteiger partial charge is 0.336 e. The molecule has 138 valence electrons. The highest BCUT2D eigenvalue weighted by molar-refractivity contribution is 5.90. The maximum Gasteiger partial charge on any atom is 0.322 e. The van der Waals surface area contributed by atoms with Gasteiger partial charge in [0, 0.05) is 43.4 Å². The van der Waals surface area contributed by atoms with Gasteiger partial charge in [0.25, 0.3) is 0 Å². The van der Waals surface area contributed by atoms with Gasteiger partial charge in [-0.3, -0.25) is 4.98 Å². The van der Waals surface area contributed by atoms with Crippen LogP contribution in [-0.2, 0) is 7.05 Å². The van der Waals surface area contributed by atoms with Gasteiger partial charge in [0.15, 0.2) is 0 Å². The average molecular weight is 361 g/mol. The van der Waals surface area contributed by atoms with Crippen molar-refractivity contribution in [2.45, 2.75) is 25.8 Å². The van der Waals surface area contributed by atoms with Crippen molar-refractivity contribution in [1.82, 2.24) is 19.4 Å². The van der Waals surface area contributed by atoms with Crippen LogP contribution in [0.15, 0.2) is 55.0 Å². The van der Waals surface area contributed by atoms with E-state index in [4.69, 9.17) is 0 Å². The van der Waals surface area contributed by atoms with E-state index in [0.717, 1.165) is 47.7 Å². The topological polar surface area (TPSA) is 63.1 Å². The van der Waals surface area contributed by atoms with Gasteiger partial charge >= 0.3 is 6.03 Å². The number of imidazole rings is 1. The normalized spacial score (nSPS) is 16.5. The van der Waals surface area contributed by atoms with Crippen molar-refractivity contribution in [3.63, 3.8) is 0 Å². The SMILES string of the molecule is Cc1ccc(NC(=O)N2CCC[C@H]2c2nccn2C)cc1-c1ccccn1. The lowest BCUT2D eigenvalue weighted by Gasteiger charge is -2.25. The average Bonchev–Trinajstić information content (AvgIpc) is 3.32. The lowest BCUT2D eigenvalue weighted by molar-refractivity contribution is 0.204. The van der Waals surface area contributed by atoms with Gasteiger partial charge in [0.1, 0.15) is 5.82 Å². The number of carbonyl (C=O) groups is 1. The fourth-order valence-corrected chi connectivity index (χ4v) is 3.67. The van der Waals surface area contributed by atoms with E-state index in [1.165, 1.54) is 0 Å². The van der Waals surface area contributed by atoms with Crippen molar-refractivity contribution in [2.75, 3.05) is 11.9 Å². The predicted octanol–water partition coefficient (Wildman–Crippen LogP) is 4.16. The molecular weight excluding hydrogens is 338 g/mol. The zero-order chi connectivity index (χ0) is 18.8. The Bertz CT molecular complexity index is 950. The molecule has 27 heavy (non-hydrogen) atoms. The van der Waals surface area contributed by atoms with Crippen molar-refractivity contribution < 1.29 is 4.79 Å². The maximum atomic E-state index is 12.9. The Morgan fingerprint density at radius 3 is 2.81 bits per heavy atom.